The van der Waals surface area contributed by atoms with Crippen molar-refractivity contribution in [1.29, 1.82) is 0 Å². The number of benzene rings is 7. The molecule has 7 aromatic carbocycles. The fourth-order valence-corrected chi connectivity index (χ4v) is 6.62. The van der Waals surface area contributed by atoms with Gasteiger partial charge in [-0.15, -0.1) is 0 Å². The van der Waals surface area contributed by atoms with Gasteiger partial charge in [0.2, 0.25) is 0 Å². The fraction of sp³-hybridized carbons (Fsp3) is 0. The molecule has 42 heavy (non-hydrogen) atoms. The second-order valence-electron chi connectivity index (χ2n) is 10.8. The number of halogens is 1. The lowest BCUT2D eigenvalue weighted by Crippen LogP contribution is -1.93. The molecule has 0 aliphatic rings. The van der Waals surface area contributed by atoms with Crippen LogP contribution in [0.5, 0.6) is 0 Å². The minimum Gasteiger partial charge on any atom is -0.309 e. The highest BCUT2D eigenvalue weighted by molar-refractivity contribution is 9.10. The molecule has 0 amide bonds. The molecule has 0 N–H and O–H groups in total. The molecule has 0 aliphatic carbocycles. The Morgan fingerprint density at radius 1 is 0.381 bits per heavy atom. The molecular formula is C40H26BrN. The van der Waals surface area contributed by atoms with E-state index in [9.17, 15) is 0 Å². The molecule has 0 bridgehead atoms. The van der Waals surface area contributed by atoms with E-state index in [4.69, 9.17) is 0 Å². The first-order valence-corrected chi connectivity index (χ1v) is 15.0. The summed E-state index contributed by atoms with van der Waals surface area (Å²) in [5.41, 5.74) is 10.8. The van der Waals surface area contributed by atoms with Crippen molar-refractivity contribution in [2.24, 2.45) is 0 Å². The molecule has 1 heterocycles. The van der Waals surface area contributed by atoms with E-state index in [0.29, 0.717) is 0 Å². The van der Waals surface area contributed by atoms with Gasteiger partial charge in [0.15, 0.2) is 0 Å². The Balaban J connectivity index is 1.20. The Labute approximate surface area is 253 Å². The lowest BCUT2D eigenvalue weighted by molar-refractivity contribution is 1.18. The molecule has 1 aromatic heterocycles. The molecule has 198 valence electrons. The predicted molar refractivity (Wildman–Crippen MR) is 182 cm³/mol. The van der Waals surface area contributed by atoms with Gasteiger partial charge in [-0.1, -0.05) is 131 Å². The van der Waals surface area contributed by atoms with Crippen LogP contribution in [0.3, 0.4) is 0 Å². The van der Waals surface area contributed by atoms with Crippen LogP contribution in [0.15, 0.2) is 162 Å². The van der Waals surface area contributed by atoms with Crippen molar-refractivity contribution in [2.75, 3.05) is 0 Å². The molecule has 0 fully saturated rings. The van der Waals surface area contributed by atoms with E-state index in [1.54, 1.807) is 0 Å². The minimum atomic E-state index is 1.08. The van der Waals surface area contributed by atoms with Crippen LogP contribution >= 0.6 is 15.9 Å². The molecule has 0 saturated heterocycles. The third-order valence-corrected chi connectivity index (χ3v) is 8.96. The number of para-hydroxylation sites is 2. The highest BCUT2D eigenvalue weighted by atomic mass is 79.9. The molecule has 0 spiro atoms. The zero-order valence-electron chi connectivity index (χ0n) is 22.8. The fourth-order valence-electron chi connectivity index (χ4n) is 6.14. The summed E-state index contributed by atoms with van der Waals surface area (Å²) in [6.45, 7) is 0. The van der Waals surface area contributed by atoms with Crippen molar-refractivity contribution in [3.8, 4) is 39.1 Å². The molecule has 0 radical (unpaired) electrons. The van der Waals surface area contributed by atoms with Gasteiger partial charge in [-0.25, -0.2) is 0 Å². The predicted octanol–water partition coefficient (Wildman–Crippen LogP) is 11.7. The van der Waals surface area contributed by atoms with Crippen molar-refractivity contribution in [1.82, 2.24) is 4.57 Å². The molecule has 8 rings (SSSR count). The standard InChI is InChI=1S/C40H26BrN/c41-38-23-21-32(29-16-14-28(15-17-29)31-19-18-27-8-4-5-9-30(27)24-31)25-37(38)33-20-22-36-35-12-6-7-13-39(35)42(40(36)26-33)34-10-2-1-3-11-34/h1-26H. The van der Waals surface area contributed by atoms with E-state index in [1.807, 2.05) is 0 Å². The van der Waals surface area contributed by atoms with Gasteiger partial charge in [0.25, 0.3) is 0 Å². The average molecular weight is 601 g/mol. The molecule has 2 heteroatoms. The van der Waals surface area contributed by atoms with Gasteiger partial charge >= 0.3 is 0 Å². The molecule has 0 unspecified atom stereocenters. The summed E-state index contributed by atoms with van der Waals surface area (Å²) >= 11 is 3.86. The van der Waals surface area contributed by atoms with Crippen LogP contribution in [0.4, 0.5) is 0 Å². The Morgan fingerprint density at radius 2 is 0.976 bits per heavy atom. The van der Waals surface area contributed by atoms with Crippen molar-refractivity contribution < 1.29 is 0 Å². The third-order valence-electron chi connectivity index (χ3n) is 8.27. The molecule has 8 aromatic rings. The Kier molecular flexibility index (Phi) is 6.01. The lowest BCUT2D eigenvalue weighted by atomic mass is 9.96. The van der Waals surface area contributed by atoms with E-state index in [-0.39, 0.29) is 0 Å². The summed E-state index contributed by atoms with van der Waals surface area (Å²) in [4.78, 5) is 0. The number of hydrogen-bond donors (Lipinski definition) is 0. The Bertz CT molecular complexity index is 2240. The number of hydrogen-bond acceptors (Lipinski definition) is 0. The number of fused-ring (bicyclic) bond motifs is 4. The van der Waals surface area contributed by atoms with Crippen LogP contribution in [-0.2, 0) is 0 Å². The van der Waals surface area contributed by atoms with Gasteiger partial charge in [-0.05, 0) is 86.6 Å². The highest BCUT2D eigenvalue weighted by Gasteiger charge is 2.14. The largest absolute Gasteiger partial charge is 0.309 e. The smallest absolute Gasteiger partial charge is 0.0547 e. The normalized spacial score (nSPS) is 11.5. The van der Waals surface area contributed by atoms with E-state index >= 15 is 0 Å². The van der Waals surface area contributed by atoms with Gasteiger partial charge in [0, 0.05) is 20.9 Å². The number of nitrogens with zero attached hydrogens (tertiary/aromatic N) is 1. The zero-order valence-corrected chi connectivity index (χ0v) is 24.4. The van der Waals surface area contributed by atoms with E-state index < -0.39 is 0 Å². The van der Waals surface area contributed by atoms with E-state index in [2.05, 4.69) is 178 Å². The van der Waals surface area contributed by atoms with Gasteiger partial charge in [-0.3, -0.25) is 0 Å². The summed E-state index contributed by atoms with van der Waals surface area (Å²) in [5, 5.41) is 5.06. The number of rotatable bonds is 4. The molecule has 0 saturated carbocycles. The SMILES string of the molecule is Brc1ccc(-c2ccc(-c3ccc4ccccc4c3)cc2)cc1-c1ccc2c3ccccc3n(-c3ccccc3)c2c1. The summed E-state index contributed by atoms with van der Waals surface area (Å²) in [5.74, 6) is 0. The average Bonchev–Trinajstić information content (AvgIpc) is 3.39. The molecule has 1 nitrogen and oxygen atoms in total. The van der Waals surface area contributed by atoms with Crippen LogP contribution in [0.1, 0.15) is 0 Å². The number of aromatic nitrogens is 1. The first kappa shape index (κ1) is 24.8. The first-order chi connectivity index (χ1) is 20.7. The second kappa shape index (κ2) is 10.2. The maximum Gasteiger partial charge on any atom is 0.0547 e. The maximum atomic E-state index is 3.86. The van der Waals surface area contributed by atoms with Crippen LogP contribution in [0.25, 0.3) is 71.6 Å². The van der Waals surface area contributed by atoms with Gasteiger partial charge in [0.05, 0.1) is 11.0 Å². The summed E-state index contributed by atoms with van der Waals surface area (Å²) < 4.78 is 3.46. The monoisotopic (exact) mass is 599 g/mol. The van der Waals surface area contributed by atoms with Gasteiger partial charge < -0.3 is 4.57 Å². The van der Waals surface area contributed by atoms with Crippen LogP contribution in [-0.4, -0.2) is 4.57 Å². The topological polar surface area (TPSA) is 4.93 Å². The molecule has 0 atom stereocenters. The minimum absolute atomic E-state index is 1.08. The van der Waals surface area contributed by atoms with Gasteiger partial charge in [-0.2, -0.15) is 0 Å². The van der Waals surface area contributed by atoms with Crippen molar-refractivity contribution in [3.05, 3.63) is 162 Å². The highest BCUT2D eigenvalue weighted by Crippen LogP contribution is 2.38. The van der Waals surface area contributed by atoms with Gasteiger partial charge in [0.1, 0.15) is 0 Å². The first-order valence-electron chi connectivity index (χ1n) is 14.2. The van der Waals surface area contributed by atoms with E-state index in [1.165, 1.54) is 71.6 Å². The Morgan fingerprint density at radius 3 is 1.79 bits per heavy atom. The van der Waals surface area contributed by atoms with Crippen molar-refractivity contribution in [2.45, 2.75) is 0 Å². The summed E-state index contributed by atoms with van der Waals surface area (Å²) in [6, 6.07) is 56.9. The maximum absolute atomic E-state index is 3.86. The van der Waals surface area contributed by atoms with E-state index in [0.717, 1.165) is 4.47 Å². The third kappa shape index (κ3) is 4.24. The Hall–Kier alpha value is -4.92. The lowest BCUT2D eigenvalue weighted by Gasteiger charge is -2.12. The van der Waals surface area contributed by atoms with Crippen LogP contribution in [0.2, 0.25) is 0 Å². The summed E-state index contributed by atoms with van der Waals surface area (Å²) in [7, 11) is 0. The van der Waals surface area contributed by atoms with Crippen molar-refractivity contribution in [3.63, 3.8) is 0 Å². The summed E-state index contributed by atoms with van der Waals surface area (Å²) in [6.07, 6.45) is 0. The second-order valence-corrected chi connectivity index (χ2v) is 11.6. The van der Waals surface area contributed by atoms with Crippen LogP contribution in [0, 0.1) is 0 Å². The molecular weight excluding hydrogens is 574 g/mol. The van der Waals surface area contributed by atoms with Crippen molar-refractivity contribution >= 4 is 48.5 Å². The molecule has 0 aliphatic heterocycles. The zero-order chi connectivity index (χ0) is 28.0. The quantitative estimate of drug-likeness (QED) is 0.189. The van der Waals surface area contributed by atoms with Crippen LogP contribution < -0.4 is 0 Å².